The van der Waals surface area contributed by atoms with Crippen LogP contribution in [0.15, 0.2) is 36.5 Å². The number of nitrogens with zero attached hydrogens (tertiary/aromatic N) is 1. The van der Waals surface area contributed by atoms with Gasteiger partial charge in [0.15, 0.2) is 5.69 Å². The minimum Gasteiger partial charge on any atom is -0.505 e. The molecule has 0 saturated heterocycles. The second-order valence-electron chi connectivity index (χ2n) is 4.59. The number of rotatable bonds is 5. The maximum atomic E-state index is 11.9. The Labute approximate surface area is 138 Å². The van der Waals surface area contributed by atoms with Gasteiger partial charge in [-0.3, -0.25) is 9.59 Å². The van der Waals surface area contributed by atoms with Crippen molar-refractivity contribution in [2.24, 2.45) is 0 Å². The molecular formula is C16H15ClN2O4. The number of amides is 1. The molecule has 2 aromatic rings. The first-order valence-corrected chi connectivity index (χ1v) is 7.28. The Hall–Kier alpha value is -2.60. The van der Waals surface area contributed by atoms with Crippen LogP contribution in [-0.4, -0.2) is 35.1 Å². The van der Waals surface area contributed by atoms with Gasteiger partial charge in [-0.2, -0.15) is 0 Å². The molecule has 2 N–H and O–H groups in total. The first kappa shape index (κ1) is 16.8. The third-order valence-corrected chi connectivity index (χ3v) is 3.17. The molecule has 1 heterocycles. The van der Waals surface area contributed by atoms with E-state index in [9.17, 15) is 14.7 Å². The number of hydrogen-bond acceptors (Lipinski definition) is 5. The van der Waals surface area contributed by atoms with Crippen molar-refractivity contribution in [2.75, 3.05) is 13.2 Å². The third kappa shape index (κ3) is 4.43. The highest BCUT2D eigenvalue weighted by Gasteiger charge is 2.15. The maximum absolute atomic E-state index is 11.9. The first-order valence-electron chi connectivity index (χ1n) is 6.90. The summed E-state index contributed by atoms with van der Waals surface area (Å²) in [5.41, 5.74) is 1.21. The Bertz CT molecular complexity index is 734. The fourth-order valence-electron chi connectivity index (χ4n) is 1.90. The zero-order chi connectivity index (χ0) is 16.8. The number of hydrogen-bond donors (Lipinski definition) is 2. The lowest BCUT2D eigenvalue weighted by Crippen LogP contribution is -2.31. The van der Waals surface area contributed by atoms with Gasteiger partial charge in [-0.1, -0.05) is 23.7 Å². The molecular weight excluding hydrogens is 320 g/mol. The SMILES string of the molecule is CCOC(=O)CNC(=O)c1ncc(-c2cccc(Cl)c2)cc1O. The van der Waals surface area contributed by atoms with Gasteiger partial charge in [-0.15, -0.1) is 0 Å². The molecule has 0 bridgehead atoms. The minimum absolute atomic E-state index is 0.167. The van der Waals surface area contributed by atoms with Crippen molar-refractivity contribution in [1.29, 1.82) is 0 Å². The van der Waals surface area contributed by atoms with E-state index in [1.807, 2.05) is 6.07 Å². The van der Waals surface area contributed by atoms with Crippen LogP contribution < -0.4 is 5.32 Å². The molecule has 23 heavy (non-hydrogen) atoms. The summed E-state index contributed by atoms with van der Waals surface area (Å²) in [6.45, 7) is 1.61. The maximum Gasteiger partial charge on any atom is 0.325 e. The summed E-state index contributed by atoms with van der Waals surface area (Å²) in [6.07, 6.45) is 1.45. The zero-order valence-electron chi connectivity index (χ0n) is 12.4. The van der Waals surface area contributed by atoms with Crippen LogP contribution in [0.25, 0.3) is 11.1 Å². The predicted molar refractivity (Wildman–Crippen MR) is 85.3 cm³/mol. The van der Waals surface area contributed by atoms with E-state index in [0.717, 1.165) is 5.56 Å². The fraction of sp³-hybridized carbons (Fsp3) is 0.188. The van der Waals surface area contributed by atoms with Crippen LogP contribution in [0.4, 0.5) is 0 Å². The molecule has 0 radical (unpaired) electrons. The molecule has 1 aromatic carbocycles. The van der Waals surface area contributed by atoms with E-state index >= 15 is 0 Å². The first-order chi connectivity index (χ1) is 11.0. The number of ether oxygens (including phenoxy) is 1. The fourth-order valence-corrected chi connectivity index (χ4v) is 2.09. The van der Waals surface area contributed by atoms with Gasteiger partial charge in [0.25, 0.3) is 5.91 Å². The van der Waals surface area contributed by atoms with Crippen LogP contribution in [0.1, 0.15) is 17.4 Å². The monoisotopic (exact) mass is 334 g/mol. The van der Waals surface area contributed by atoms with E-state index in [1.54, 1.807) is 25.1 Å². The summed E-state index contributed by atoms with van der Waals surface area (Å²) in [5, 5.41) is 12.9. The van der Waals surface area contributed by atoms with E-state index < -0.39 is 11.9 Å². The lowest BCUT2D eigenvalue weighted by molar-refractivity contribution is -0.141. The highest BCUT2D eigenvalue weighted by Crippen LogP contribution is 2.26. The van der Waals surface area contributed by atoms with Crippen molar-refractivity contribution in [3.63, 3.8) is 0 Å². The van der Waals surface area contributed by atoms with Crippen LogP contribution in [0.2, 0.25) is 5.02 Å². The number of pyridine rings is 1. The average Bonchev–Trinajstić information content (AvgIpc) is 2.53. The number of aromatic hydroxyl groups is 1. The average molecular weight is 335 g/mol. The Kier molecular flexibility index (Phi) is 5.54. The molecule has 0 atom stereocenters. The van der Waals surface area contributed by atoms with Crippen LogP contribution >= 0.6 is 11.6 Å². The molecule has 0 saturated carbocycles. The third-order valence-electron chi connectivity index (χ3n) is 2.94. The van der Waals surface area contributed by atoms with Gasteiger partial charge in [0.05, 0.1) is 6.61 Å². The van der Waals surface area contributed by atoms with Crippen molar-refractivity contribution in [2.45, 2.75) is 6.92 Å². The van der Waals surface area contributed by atoms with Crippen molar-refractivity contribution >= 4 is 23.5 Å². The van der Waals surface area contributed by atoms with Crippen LogP contribution in [0.5, 0.6) is 5.75 Å². The van der Waals surface area contributed by atoms with Gasteiger partial charge in [0, 0.05) is 16.8 Å². The molecule has 0 aliphatic heterocycles. The van der Waals surface area contributed by atoms with E-state index in [0.29, 0.717) is 10.6 Å². The highest BCUT2D eigenvalue weighted by atomic mass is 35.5. The Morgan fingerprint density at radius 3 is 2.74 bits per heavy atom. The van der Waals surface area contributed by atoms with Crippen molar-refractivity contribution in [3.05, 3.63) is 47.2 Å². The molecule has 120 valence electrons. The Balaban J connectivity index is 2.13. The molecule has 0 spiro atoms. The molecule has 7 heteroatoms. The zero-order valence-corrected chi connectivity index (χ0v) is 13.1. The quantitative estimate of drug-likeness (QED) is 0.820. The normalized spacial score (nSPS) is 10.2. The number of esters is 1. The van der Waals surface area contributed by atoms with E-state index in [2.05, 4.69) is 10.3 Å². The summed E-state index contributed by atoms with van der Waals surface area (Å²) in [4.78, 5) is 27.1. The highest BCUT2D eigenvalue weighted by molar-refractivity contribution is 6.30. The summed E-state index contributed by atoms with van der Waals surface area (Å²) < 4.78 is 4.70. The van der Waals surface area contributed by atoms with Crippen molar-refractivity contribution < 1.29 is 19.4 Å². The summed E-state index contributed by atoms with van der Waals surface area (Å²) in [7, 11) is 0. The van der Waals surface area contributed by atoms with Crippen molar-refractivity contribution in [3.8, 4) is 16.9 Å². The van der Waals surface area contributed by atoms with Gasteiger partial charge in [-0.05, 0) is 30.7 Å². The van der Waals surface area contributed by atoms with Crippen LogP contribution in [-0.2, 0) is 9.53 Å². The topological polar surface area (TPSA) is 88.5 Å². The smallest absolute Gasteiger partial charge is 0.325 e. The number of aromatic nitrogens is 1. The number of halogens is 1. The lowest BCUT2D eigenvalue weighted by atomic mass is 10.1. The largest absolute Gasteiger partial charge is 0.505 e. The molecule has 6 nitrogen and oxygen atoms in total. The summed E-state index contributed by atoms with van der Waals surface area (Å²) in [5.74, 6) is -1.51. The molecule has 0 fully saturated rings. The molecule has 1 aromatic heterocycles. The van der Waals surface area contributed by atoms with E-state index in [4.69, 9.17) is 16.3 Å². The number of benzene rings is 1. The number of carbonyl (C=O) groups excluding carboxylic acids is 2. The molecule has 0 aliphatic rings. The van der Waals surface area contributed by atoms with Crippen molar-refractivity contribution in [1.82, 2.24) is 10.3 Å². The van der Waals surface area contributed by atoms with Gasteiger partial charge >= 0.3 is 5.97 Å². The van der Waals surface area contributed by atoms with Crippen LogP contribution in [0, 0.1) is 0 Å². The van der Waals surface area contributed by atoms with E-state index in [-0.39, 0.29) is 24.6 Å². The minimum atomic E-state index is -0.659. The second kappa shape index (κ2) is 7.60. The molecule has 2 rings (SSSR count). The number of nitrogens with one attached hydrogen (secondary N) is 1. The Morgan fingerprint density at radius 1 is 1.30 bits per heavy atom. The molecule has 0 unspecified atom stereocenters. The Morgan fingerprint density at radius 2 is 2.09 bits per heavy atom. The van der Waals surface area contributed by atoms with Gasteiger partial charge in [0.1, 0.15) is 12.3 Å². The lowest BCUT2D eigenvalue weighted by Gasteiger charge is -2.08. The van der Waals surface area contributed by atoms with Crippen LogP contribution in [0.3, 0.4) is 0 Å². The van der Waals surface area contributed by atoms with Gasteiger partial charge in [-0.25, -0.2) is 4.98 Å². The molecule has 0 aliphatic carbocycles. The van der Waals surface area contributed by atoms with Gasteiger partial charge in [0.2, 0.25) is 0 Å². The predicted octanol–water partition coefficient (Wildman–Crippen LogP) is 2.40. The number of carbonyl (C=O) groups is 2. The second-order valence-corrected chi connectivity index (χ2v) is 5.03. The van der Waals surface area contributed by atoms with E-state index in [1.165, 1.54) is 12.3 Å². The van der Waals surface area contributed by atoms with Gasteiger partial charge < -0.3 is 15.2 Å². The summed E-state index contributed by atoms with van der Waals surface area (Å²) in [6, 6.07) is 8.45. The summed E-state index contributed by atoms with van der Waals surface area (Å²) >= 11 is 5.92. The molecule has 1 amide bonds. The standard InChI is InChI=1S/C16H15ClN2O4/c1-2-23-14(21)9-19-16(22)15-13(20)7-11(8-18-15)10-4-3-5-12(17)6-10/h3-8,20H,2,9H2,1H3,(H,19,22).